The minimum atomic E-state index is -0.0852. The fraction of sp³-hybridized carbons (Fsp3) is 0.111. The van der Waals surface area contributed by atoms with Gasteiger partial charge < -0.3 is 11.5 Å². The summed E-state index contributed by atoms with van der Waals surface area (Å²) >= 11 is 1.50. The largest absolute Gasteiger partial charge is 0.401 e. The molecule has 2 heterocycles. The maximum absolute atomic E-state index is 6.24. The van der Waals surface area contributed by atoms with Crippen LogP contribution < -0.4 is 11.5 Å². The van der Waals surface area contributed by atoms with Crippen LogP contribution in [0, 0.1) is 0 Å². The van der Waals surface area contributed by atoms with Gasteiger partial charge in [-0.3, -0.25) is 9.98 Å². The van der Waals surface area contributed by atoms with Gasteiger partial charge in [-0.25, -0.2) is 0 Å². The summed E-state index contributed by atoms with van der Waals surface area (Å²) in [5.41, 5.74) is 15.0. The highest BCUT2D eigenvalue weighted by Gasteiger charge is 2.32. The number of nitrogens with two attached hydrogens (primary N) is 2. The van der Waals surface area contributed by atoms with Crippen LogP contribution in [0.1, 0.15) is 11.6 Å². The Labute approximate surface area is 139 Å². The number of amidine groups is 1. The van der Waals surface area contributed by atoms with Gasteiger partial charge in [-0.15, -0.1) is 0 Å². The Bertz CT molecular complexity index is 823. The fourth-order valence-electron chi connectivity index (χ4n) is 2.55. The van der Waals surface area contributed by atoms with Gasteiger partial charge in [0, 0.05) is 17.3 Å². The van der Waals surface area contributed by atoms with E-state index in [4.69, 9.17) is 11.5 Å². The Morgan fingerprint density at radius 1 is 1.26 bits per heavy atom. The van der Waals surface area contributed by atoms with E-state index >= 15 is 0 Å². The number of aliphatic imine (C=N–C) groups is 1. The highest BCUT2D eigenvalue weighted by Crippen LogP contribution is 2.39. The quantitative estimate of drug-likeness (QED) is 0.847. The van der Waals surface area contributed by atoms with Gasteiger partial charge in [-0.2, -0.15) is 0 Å². The summed E-state index contributed by atoms with van der Waals surface area (Å²) in [7, 11) is 0. The molecule has 1 aliphatic heterocycles. The van der Waals surface area contributed by atoms with Crippen molar-refractivity contribution >= 4 is 27.8 Å². The van der Waals surface area contributed by atoms with Crippen molar-refractivity contribution in [2.24, 2.45) is 16.5 Å². The van der Waals surface area contributed by atoms with Crippen molar-refractivity contribution in [1.29, 1.82) is 0 Å². The Kier molecular flexibility index (Phi) is 4.48. The molecule has 0 saturated carbocycles. The predicted molar refractivity (Wildman–Crippen MR) is 99.1 cm³/mol. The number of nitrogens with zero attached hydrogens (tertiary/aromatic N) is 2. The summed E-state index contributed by atoms with van der Waals surface area (Å²) in [4.78, 5) is 8.92. The topological polar surface area (TPSA) is 77.3 Å². The van der Waals surface area contributed by atoms with Gasteiger partial charge in [0.25, 0.3) is 0 Å². The van der Waals surface area contributed by atoms with E-state index < -0.39 is 0 Å². The maximum atomic E-state index is 6.24. The van der Waals surface area contributed by atoms with Gasteiger partial charge in [0.15, 0.2) is 5.17 Å². The van der Waals surface area contributed by atoms with Crippen LogP contribution in [0.4, 0.5) is 0 Å². The van der Waals surface area contributed by atoms with E-state index in [-0.39, 0.29) is 11.3 Å². The molecule has 1 aromatic heterocycles. The fourth-order valence-corrected chi connectivity index (χ4v) is 3.54. The lowest BCUT2D eigenvalue weighted by Crippen LogP contribution is -2.19. The number of fused-ring (bicyclic) bond motifs is 1. The first kappa shape index (κ1) is 15.4. The Morgan fingerprint density at radius 3 is 2.96 bits per heavy atom. The molecule has 2 unspecified atom stereocenters. The predicted octanol–water partition coefficient (Wildman–Crippen LogP) is 3.29. The molecule has 23 heavy (non-hydrogen) atoms. The zero-order valence-electron chi connectivity index (χ0n) is 12.6. The first-order valence-electron chi connectivity index (χ1n) is 7.28. The third-order valence-corrected chi connectivity index (χ3v) is 4.76. The minimum absolute atomic E-state index is 0.00131. The van der Waals surface area contributed by atoms with E-state index in [1.807, 2.05) is 42.5 Å². The van der Waals surface area contributed by atoms with Gasteiger partial charge >= 0.3 is 0 Å². The molecule has 2 atom stereocenters. The number of hydrogen-bond acceptors (Lipinski definition) is 5. The highest BCUT2D eigenvalue weighted by molar-refractivity contribution is 8.14. The molecule has 3 rings (SSSR count). The first-order valence-corrected chi connectivity index (χ1v) is 8.16. The van der Waals surface area contributed by atoms with Crippen molar-refractivity contribution in [2.45, 2.75) is 11.3 Å². The van der Waals surface area contributed by atoms with Crippen LogP contribution in [-0.2, 0) is 0 Å². The molecule has 0 saturated heterocycles. The Hall–Kier alpha value is -2.53. The molecule has 0 bridgehead atoms. The molecule has 4 nitrogen and oxygen atoms in total. The number of rotatable bonds is 4. The summed E-state index contributed by atoms with van der Waals surface area (Å²) < 4.78 is 0. The lowest BCUT2D eigenvalue weighted by Gasteiger charge is -2.18. The summed E-state index contributed by atoms with van der Waals surface area (Å²) in [6.45, 7) is 3.65. The molecular formula is C18H18N4S. The third kappa shape index (κ3) is 3.29. The molecule has 0 spiro atoms. The molecule has 0 aliphatic carbocycles. The van der Waals surface area contributed by atoms with Crippen molar-refractivity contribution in [3.63, 3.8) is 0 Å². The molecule has 0 amide bonds. The van der Waals surface area contributed by atoms with Gasteiger partial charge in [0.05, 0.1) is 16.8 Å². The molecule has 4 N–H and O–H groups in total. The molecule has 2 aromatic rings. The average Bonchev–Trinajstić information content (AvgIpc) is 2.96. The van der Waals surface area contributed by atoms with Crippen LogP contribution in [0.3, 0.4) is 0 Å². The van der Waals surface area contributed by atoms with E-state index in [1.54, 1.807) is 12.3 Å². The van der Waals surface area contributed by atoms with E-state index in [0.29, 0.717) is 5.17 Å². The summed E-state index contributed by atoms with van der Waals surface area (Å²) in [5.74, 6) is 0. The van der Waals surface area contributed by atoms with Crippen LogP contribution in [0.2, 0.25) is 0 Å². The zero-order chi connectivity index (χ0) is 16.2. The van der Waals surface area contributed by atoms with E-state index in [1.165, 1.54) is 11.8 Å². The molecule has 1 aromatic carbocycles. The van der Waals surface area contributed by atoms with Gasteiger partial charge in [0.1, 0.15) is 0 Å². The normalized spacial score (nSPS) is 21.7. The van der Waals surface area contributed by atoms with Crippen LogP contribution >= 0.6 is 11.8 Å². The van der Waals surface area contributed by atoms with Crippen LogP contribution in [0.5, 0.6) is 0 Å². The number of thioether (sulfide) groups is 1. The number of aromatic nitrogens is 1. The van der Waals surface area contributed by atoms with E-state index in [2.05, 4.69) is 22.6 Å². The van der Waals surface area contributed by atoms with Gasteiger partial charge in [-0.1, -0.05) is 48.7 Å². The monoisotopic (exact) mass is 322 g/mol. The summed E-state index contributed by atoms with van der Waals surface area (Å²) in [6.07, 6.45) is 9.10. The van der Waals surface area contributed by atoms with Crippen LogP contribution in [-0.4, -0.2) is 15.4 Å². The second-order valence-corrected chi connectivity index (χ2v) is 6.36. The molecule has 0 radical (unpaired) electrons. The van der Waals surface area contributed by atoms with E-state index in [0.717, 1.165) is 22.2 Å². The molecule has 1 aliphatic rings. The van der Waals surface area contributed by atoms with Crippen molar-refractivity contribution in [2.75, 3.05) is 0 Å². The molecule has 5 heteroatoms. The number of pyridine rings is 1. The smallest absolute Gasteiger partial charge is 0.155 e. The molecule has 116 valence electrons. The van der Waals surface area contributed by atoms with Crippen LogP contribution in [0.15, 0.2) is 78.1 Å². The number of allylic oxidation sites excluding steroid dienone is 4. The average molecular weight is 322 g/mol. The number of benzene rings is 1. The standard InChI is InChI=1S/C18H18N4S/c1-2-3-4-7-14(19)17-16(22-18(20)23-17)13-8-9-15-12(11-13)6-5-10-21-15/h2-11,16-17H,1,19H2,(H2,20,22)/b4-3-,14-7-. The lowest BCUT2D eigenvalue weighted by molar-refractivity contribution is 0.744. The third-order valence-electron chi connectivity index (χ3n) is 3.63. The highest BCUT2D eigenvalue weighted by atomic mass is 32.2. The Morgan fingerprint density at radius 2 is 2.13 bits per heavy atom. The second kappa shape index (κ2) is 6.71. The maximum Gasteiger partial charge on any atom is 0.155 e. The molecule has 0 fully saturated rings. The van der Waals surface area contributed by atoms with Gasteiger partial charge in [0.2, 0.25) is 0 Å². The minimum Gasteiger partial charge on any atom is -0.401 e. The number of hydrogen-bond donors (Lipinski definition) is 2. The van der Waals surface area contributed by atoms with Crippen molar-refractivity contribution in [3.8, 4) is 0 Å². The van der Waals surface area contributed by atoms with Crippen LogP contribution in [0.25, 0.3) is 10.9 Å². The second-order valence-electron chi connectivity index (χ2n) is 5.19. The Balaban J connectivity index is 1.95. The van der Waals surface area contributed by atoms with Crippen molar-refractivity contribution < 1.29 is 0 Å². The van der Waals surface area contributed by atoms with Gasteiger partial charge in [-0.05, 0) is 29.8 Å². The van der Waals surface area contributed by atoms with E-state index in [9.17, 15) is 0 Å². The summed E-state index contributed by atoms with van der Waals surface area (Å²) in [5, 5.41) is 1.65. The SMILES string of the molecule is C=C/C=C\C=C(/N)C1SC(N)=NC1c1ccc2ncccc2c1. The lowest BCUT2D eigenvalue weighted by atomic mass is 10.00. The van der Waals surface area contributed by atoms with Crippen molar-refractivity contribution in [3.05, 3.63) is 78.7 Å². The zero-order valence-corrected chi connectivity index (χ0v) is 13.4. The summed E-state index contributed by atoms with van der Waals surface area (Å²) in [6, 6.07) is 10.0. The molecular weight excluding hydrogens is 304 g/mol. The first-order chi connectivity index (χ1) is 11.2. The van der Waals surface area contributed by atoms with Crippen molar-refractivity contribution in [1.82, 2.24) is 4.98 Å².